The van der Waals surface area contributed by atoms with Crippen molar-refractivity contribution >= 4 is 17.7 Å². The van der Waals surface area contributed by atoms with Crippen LogP contribution in [0.1, 0.15) is 5.56 Å². The summed E-state index contributed by atoms with van der Waals surface area (Å²) in [4.78, 5) is 12.2. The number of rotatable bonds is 7. The summed E-state index contributed by atoms with van der Waals surface area (Å²) in [6.07, 6.45) is 0. The summed E-state index contributed by atoms with van der Waals surface area (Å²) in [7, 11) is 0. The van der Waals surface area contributed by atoms with Crippen LogP contribution in [0.3, 0.4) is 0 Å². The number of aromatic nitrogens is 3. The second-order valence-corrected chi connectivity index (χ2v) is 7.22. The summed E-state index contributed by atoms with van der Waals surface area (Å²) in [6.45, 7) is 0.265. The van der Waals surface area contributed by atoms with Crippen LogP contribution in [0.25, 0.3) is 17.1 Å². The van der Waals surface area contributed by atoms with Gasteiger partial charge in [0.2, 0.25) is 0 Å². The molecule has 1 aromatic heterocycles. The van der Waals surface area contributed by atoms with Crippen molar-refractivity contribution in [1.29, 1.82) is 0 Å². The van der Waals surface area contributed by atoms with Gasteiger partial charge >= 0.3 is 5.97 Å². The molecule has 0 aliphatic carbocycles. The Labute approximate surface area is 173 Å². The lowest BCUT2D eigenvalue weighted by atomic mass is 10.2. The Morgan fingerprint density at radius 2 is 1.45 bits per heavy atom. The van der Waals surface area contributed by atoms with E-state index < -0.39 is 0 Å². The van der Waals surface area contributed by atoms with E-state index in [1.807, 2.05) is 95.6 Å². The number of hydrogen-bond donors (Lipinski definition) is 0. The van der Waals surface area contributed by atoms with Crippen molar-refractivity contribution in [3.05, 3.63) is 96.6 Å². The van der Waals surface area contributed by atoms with Gasteiger partial charge in [-0.3, -0.25) is 9.36 Å². The van der Waals surface area contributed by atoms with Crippen molar-refractivity contribution in [1.82, 2.24) is 14.8 Å². The van der Waals surface area contributed by atoms with Crippen molar-refractivity contribution in [2.75, 3.05) is 5.75 Å². The first-order valence-electron chi connectivity index (χ1n) is 9.20. The zero-order chi connectivity index (χ0) is 19.9. The molecule has 4 aromatic rings. The molecule has 29 heavy (non-hydrogen) atoms. The van der Waals surface area contributed by atoms with Gasteiger partial charge in [-0.2, -0.15) is 0 Å². The number of hydrogen-bond acceptors (Lipinski definition) is 5. The number of nitrogens with zero attached hydrogens (tertiary/aromatic N) is 3. The Balaban J connectivity index is 1.51. The summed E-state index contributed by atoms with van der Waals surface area (Å²) in [5.74, 6) is 0.603. The largest absolute Gasteiger partial charge is 0.460 e. The van der Waals surface area contributed by atoms with Crippen LogP contribution in [-0.4, -0.2) is 26.5 Å². The minimum absolute atomic E-state index is 0.159. The predicted molar refractivity (Wildman–Crippen MR) is 114 cm³/mol. The Morgan fingerprint density at radius 3 is 2.14 bits per heavy atom. The second-order valence-electron chi connectivity index (χ2n) is 6.28. The highest BCUT2D eigenvalue weighted by molar-refractivity contribution is 7.99. The molecule has 144 valence electrons. The lowest BCUT2D eigenvalue weighted by Crippen LogP contribution is -2.08. The molecule has 0 radical (unpaired) electrons. The summed E-state index contributed by atoms with van der Waals surface area (Å²) in [6, 6.07) is 29.4. The zero-order valence-electron chi connectivity index (χ0n) is 15.6. The molecule has 0 aliphatic rings. The van der Waals surface area contributed by atoms with Crippen molar-refractivity contribution in [2.24, 2.45) is 0 Å². The van der Waals surface area contributed by atoms with E-state index in [1.54, 1.807) is 0 Å². The molecule has 3 aromatic carbocycles. The Morgan fingerprint density at radius 1 is 0.828 bits per heavy atom. The lowest BCUT2D eigenvalue weighted by Gasteiger charge is -2.10. The molecule has 0 atom stereocenters. The van der Waals surface area contributed by atoms with Crippen molar-refractivity contribution < 1.29 is 9.53 Å². The number of esters is 1. The second kappa shape index (κ2) is 9.21. The molecule has 0 saturated carbocycles. The topological polar surface area (TPSA) is 57.0 Å². The van der Waals surface area contributed by atoms with Crippen LogP contribution >= 0.6 is 11.8 Å². The van der Waals surface area contributed by atoms with Crippen LogP contribution in [0.5, 0.6) is 0 Å². The molecule has 0 unspecified atom stereocenters. The van der Waals surface area contributed by atoms with Gasteiger partial charge in [0.25, 0.3) is 0 Å². The Hall–Kier alpha value is -3.38. The molecule has 0 saturated heterocycles. The molecule has 0 amide bonds. The van der Waals surface area contributed by atoms with Crippen LogP contribution in [0, 0.1) is 0 Å². The van der Waals surface area contributed by atoms with Gasteiger partial charge in [-0.1, -0.05) is 90.6 Å². The van der Waals surface area contributed by atoms with Gasteiger partial charge < -0.3 is 4.74 Å². The summed E-state index contributed by atoms with van der Waals surface area (Å²) >= 11 is 1.32. The molecule has 6 heteroatoms. The highest BCUT2D eigenvalue weighted by atomic mass is 32.2. The van der Waals surface area contributed by atoms with E-state index in [0.29, 0.717) is 5.16 Å². The summed E-state index contributed by atoms with van der Waals surface area (Å²) < 4.78 is 7.33. The minimum Gasteiger partial charge on any atom is -0.460 e. The maximum absolute atomic E-state index is 12.2. The fourth-order valence-electron chi connectivity index (χ4n) is 2.85. The van der Waals surface area contributed by atoms with Crippen molar-refractivity contribution in [2.45, 2.75) is 11.8 Å². The van der Waals surface area contributed by atoms with Gasteiger partial charge in [0.15, 0.2) is 11.0 Å². The van der Waals surface area contributed by atoms with Gasteiger partial charge in [0.1, 0.15) is 6.61 Å². The predicted octanol–water partition coefficient (Wildman–Crippen LogP) is 4.77. The lowest BCUT2D eigenvalue weighted by molar-refractivity contribution is -0.141. The van der Waals surface area contributed by atoms with E-state index >= 15 is 0 Å². The van der Waals surface area contributed by atoms with Gasteiger partial charge in [-0.25, -0.2) is 0 Å². The van der Waals surface area contributed by atoms with Gasteiger partial charge in [-0.15, -0.1) is 10.2 Å². The minimum atomic E-state index is -0.289. The summed E-state index contributed by atoms with van der Waals surface area (Å²) in [5.41, 5.74) is 2.86. The molecular weight excluding hydrogens is 382 g/mol. The molecule has 0 fully saturated rings. The first-order valence-corrected chi connectivity index (χ1v) is 10.2. The monoisotopic (exact) mass is 401 g/mol. The molecule has 0 bridgehead atoms. The molecule has 4 rings (SSSR count). The van der Waals surface area contributed by atoms with E-state index in [2.05, 4.69) is 10.2 Å². The smallest absolute Gasteiger partial charge is 0.316 e. The summed E-state index contributed by atoms with van der Waals surface area (Å²) in [5, 5.41) is 9.35. The van der Waals surface area contributed by atoms with Crippen LogP contribution in [0.4, 0.5) is 0 Å². The van der Waals surface area contributed by atoms with Crippen LogP contribution < -0.4 is 0 Å². The SMILES string of the molecule is O=C(CSc1nnc(-c2ccccc2)n1-c1ccccc1)OCc1ccccc1. The first kappa shape index (κ1) is 19.0. The fourth-order valence-corrected chi connectivity index (χ4v) is 3.60. The average Bonchev–Trinajstić information content (AvgIpc) is 3.22. The number of carbonyl (C=O) groups excluding carboxylic acids is 1. The number of para-hydroxylation sites is 1. The Bertz CT molecular complexity index is 1070. The van der Waals surface area contributed by atoms with Gasteiger partial charge in [-0.05, 0) is 17.7 Å². The Kier molecular flexibility index (Phi) is 6.02. The van der Waals surface area contributed by atoms with Crippen LogP contribution in [0.15, 0.2) is 96.2 Å². The molecule has 0 aliphatic heterocycles. The van der Waals surface area contributed by atoms with Crippen molar-refractivity contribution in [3.63, 3.8) is 0 Å². The molecule has 5 nitrogen and oxygen atoms in total. The molecule has 0 N–H and O–H groups in total. The number of ether oxygens (including phenoxy) is 1. The molecule has 1 heterocycles. The average molecular weight is 401 g/mol. The standard InChI is InChI=1S/C23H19N3O2S/c27-21(28-16-18-10-4-1-5-11-18)17-29-23-25-24-22(19-12-6-2-7-13-19)26(23)20-14-8-3-9-15-20/h1-15H,16-17H2. The fraction of sp³-hybridized carbons (Fsp3) is 0.0870. The van der Waals surface area contributed by atoms with E-state index in [1.165, 1.54) is 11.8 Å². The number of carbonyl (C=O) groups is 1. The number of thioether (sulfide) groups is 1. The molecule has 0 spiro atoms. The third-order valence-electron chi connectivity index (χ3n) is 4.24. The normalized spacial score (nSPS) is 10.6. The molecular formula is C23H19N3O2S. The first-order chi connectivity index (χ1) is 14.3. The van der Waals surface area contributed by atoms with Crippen LogP contribution in [-0.2, 0) is 16.1 Å². The maximum atomic E-state index is 12.2. The maximum Gasteiger partial charge on any atom is 0.316 e. The third-order valence-corrected chi connectivity index (χ3v) is 5.14. The number of benzene rings is 3. The highest BCUT2D eigenvalue weighted by Gasteiger charge is 2.17. The van der Waals surface area contributed by atoms with E-state index in [-0.39, 0.29) is 18.3 Å². The van der Waals surface area contributed by atoms with E-state index in [0.717, 1.165) is 22.6 Å². The third kappa shape index (κ3) is 4.73. The van der Waals surface area contributed by atoms with E-state index in [4.69, 9.17) is 4.74 Å². The quantitative estimate of drug-likeness (QED) is 0.330. The van der Waals surface area contributed by atoms with Crippen molar-refractivity contribution in [3.8, 4) is 17.1 Å². The van der Waals surface area contributed by atoms with Gasteiger partial charge in [0.05, 0.1) is 5.75 Å². The zero-order valence-corrected chi connectivity index (χ0v) is 16.5. The van der Waals surface area contributed by atoms with Gasteiger partial charge in [0, 0.05) is 11.3 Å². The van der Waals surface area contributed by atoms with Crippen LogP contribution in [0.2, 0.25) is 0 Å². The highest BCUT2D eigenvalue weighted by Crippen LogP contribution is 2.27. The van der Waals surface area contributed by atoms with E-state index in [9.17, 15) is 4.79 Å².